The molecule has 0 N–H and O–H groups in total. The molecule has 114 valence electrons. The standard InChI is InChI=1S/C18H17N5/c1-2-16(22-10-9-19-12-22)15-11-23(13-21-15)17-7-3-5-14-6-4-8-20-18(14)17/h3-13,16H,2H2,1H3. The molecule has 1 unspecified atom stereocenters. The van der Waals surface area contributed by atoms with Gasteiger partial charge in [0.05, 0.1) is 35.6 Å². The lowest BCUT2D eigenvalue weighted by atomic mass is 10.1. The van der Waals surface area contributed by atoms with E-state index < -0.39 is 0 Å². The fourth-order valence-corrected chi connectivity index (χ4v) is 2.96. The average Bonchev–Trinajstić information content (AvgIpc) is 3.28. The summed E-state index contributed by atoms with van der Waals surface area (Å²) in [5, 5.41) is 1.13. The second kappa shape index (κ2) is 5.68. The van der Waals surface area contributed by atoms with Crippen LogP contribution < -0.4 is 0 Å². The van der Waals surface area contributed by atoms with Crippen molar-refractivity contribution < 1.29 is 0 Å². The van der Waals surface area contributed by atoms with Gasteiger partial charge in [0.15, 0.2) is 0 Å². The van der Waals surface area contributed by atoms with Crippen molar-refractivity contribution in [2.45, 2.75) is 19.4 Å². The Bertz CT molecular complexity index is 918. The molecule has 3 aromatic heterocycles. The summed E-state index contributed by atoms with van der Waals surface area (Å²) < 4.78 is 4.14. The van der Waals surface area contributed by atoms with Crippen LogP contribution in [0.25, 0.3) is 16.6 Å². The Morgan fingerprint density at radius 2 is 1.96 bits per heavy atom. The molecule has 1 atom stereocenters. The molecule has 0 bridgehead atoms. The molecule has 0 saturated carbocycles. The summed E-state index contributed by atoms with van der Waals surface area (Å²) >= 11 is 0. The zero-order valence-electron chi connectivity index (χ0n) is 12.9. The van der Waals surface area contributed by atoms with Crippen molar-refractivity contribution in [2.75, 3.05) is 0 Å². The van der Waals surface area contributed by atoms with Crippen molar-refractivity contribution >= 4 is 10.9 Å². The van der Waals surface area contributed by atoms with Gasteiger partial charge in [-0.25, -0.2) is 9.97 Å². The number of aromatic nitrogens is 5. The minimum Gasteiger partial charge on any atom is -0.328 e. The van der Waals surface area contributed by atoms with Crippen LogP contribution in [0, 0.1) is 0 Å². The number of hydrogen-bond acceptors (Lipinski definition) is 3. The van der Waals surface area contributed by atoms with Crippen molar-refractivity contribution in [3.8, 4) is 5.69 Å². The quantitative estimate of drug-likeness (QED) is 0.578. The molecule has 4 aromatic rings. The number of hydrogen-bond donors (Lipinski definition) is 0. The number of rotatable bonds is 4. The smallest absolute Gasteiger partial charge is 0.0996 e. The van der Waals surface area contributed by atoms with Gasteiger partial charge >= 0.3 is 0 Å². The first kappa shape index (κ1) is 13.7. The van der Waals surface area contributed by atoms with Crippen LogP contribution in [0.3, 0.4) is 0 Å². The van der Waals surface area contributed by atoms with E-state index in [1.165, 1.54) is 0 Å². The third kappa shape index (κ3) is 2.40. The summed E-state index contributed by atoms with van der Waals surface area (Å²) in [5.74, 6) is 0. The van der Waals surface area contributed by atoms with E-state index in [1.807, 2.05) is 41.7 Å². The summed E-state index contributed by atoms with van der Waals surface area (Å²) in [4.78, 5) is 13.3. The molecular weight excluding hydrogens is 286 g/mol. The SMILES string of the molecule is CCC(c1cn(-c2cccc3cccnc23)cn1)n1ccnc1. The predicted octanol–water partition coefficient (Wildman–Crippen LogP) is 3.62. The Kier molecular flexibility index (Phi) is 3.38. The second-order valence-corrected chi connectivity index (χ2v) is 5.49. The van der Waals surface area contributed by atoms with Gasteiger partial charge in [0, 0.05) is 30.2 Å². The third-order valence-electron chi connectivity index (χ3n) is 4.11. The van der Waals surface area contributed by atoms with E-state index in [9.17, 15) is 0 Å². The number of imidazole rings is 2. The van der Waals surface area contributed by atoms with E-state index in [4.69, 9.17) is 0 Å². The highest BCUT2D eigenvalue weighted by Gasteiger charge is 2.15. The Labute approximate surface area is 134 Å². The first-order valence-electron chi connectivity index (χ1n) is 7.72. The van der Waals surface area contributed by atoms with Crippen molar-refractivity contribution in [3.63, 3.8) is 0 Å². The molecule has 4 rings (SSSR count). The maximum atomic E-state index is 4.61. The fourth-order valence-electron chi connectivity index (χ4n) is 2.96. The minimum atomic E-state index is 0.196. The molecule has 3 heterocycles. The molecule has 5 nitrogen and oxygen atoms in total. The summed E-state index contributed by atoms with van der Waals surface area (Å²) in [6, 6.07) is 10.4. The molecule has 0 saturated heterocycles. The van der Waals surface area contributed by atoms with Gasteiger partial charge in [-0.1, -0.05) is 25.1 Å². The number of benzene rings is 1. The molecule has 5 heteroatoms. The maximum Gasteiger partial charge on any atom is 0.0996 e. The molecule has 0 aliphatic rings. The largest absolute Gasteiger partial charge is 0.328 e. The van der Waals surface area contributed by atoms with Gasteiger partial charge in [-0.05, 0) is 18.6 Å². The first-order chi connectivity index (χ1) is 11.4. The predicted molar refractivity (Wildman–Crippen MR) is 89.5 cm³/mol. The third-order valence-corrected chi connectivity index (χ3v) is 4.11. The Balaban J connectivity index is 1.78. The van der Waals surface area contributed by atoms with Crippen molar-refractivity contribution in [1.82, 2.24) is 24.1 Å². The van der Waals surface area contributed by atoms with E-state index in [2.05, 4.69) is 50.8 Å². The molecule has 0 aliphatic carbocycles. The van der Waals surface area contributed by atoms with Crippen LogP contribution in [0.15, 0.2) is 67.8 Å². The molecule has 0 aliphatic heterocycles. The number of nitrogens with zero attached hydrogens (tertiary/aromatic N) is 5. The van der Waals surface area contributed by atoms with Crippen LogP contribution in [0.5, 0.6) is 0 Å². The van der Waals surface area contributed by atoms with E-state index in [0.29, 0.717) is 0 Å². The molecule has 0 spiro atoms. The highest BCUT2D eigenvalue weighted by molar-refractivity contribution is 5.86. The van der Waals surface area contributed by atoms with Crippen molar-refractivity contribution in [1.29, 1.82) is 0 Å². The van der Waals surface area contributed by atoms with Crippen LogP contribution in [0.2, 0.25) is 0 Å². The zero-order chi connectivity index (χ0) is 15.6. The van der Waals surface area contributed by atoms with Gasteiger partial charge in [-0.15, -0.1) is 0 Å². The number of para-hydroxylation sites is 1. The van der Waals surface area contributed by atoms with E-state index in [0.717, 1.165) is 28.7 Å². The second-order valence-electron chi connectivity index (χ2n) is 5.49. The van der Waals surface area contributed by atoms with Gasteiger partial charge in [-0.3, -0.25) is 4.98 Å². The van der Waals surface area contributed by atoms with Crippen molar-refractivity contribution in [3.05, 3.63) is 73.5 Å². The van der Waals surface area contributed by atoms with Gasteiger partial charge in [0.25, 0.3) is 0 Å². The van der Waals surface area contributed by atoms with Gasteiger partial charge in [0.1, 0.15) is 0 Å². The minimum absolute atomic E-state index is 0.196. The van der Waals surface area contributed by atoms with E-state index in [1.54, 1.807) is 6.20 Å². The molecule has 0 fully saturated rings. The molecule has 0 radical (unpaired) electrons. The summed E-state index contributed by atoms with van der Waals surface area (Å²) in [5.41, 5.74) is 3.05. The summed E-state index contributed by atoms with van der Waals surface area (Å²) in [6.45, 7) is 2.16. The summed E-state index contributed by atoms with van der Waals surface area (Å²) in [7, 11) is 0. The van der Waals surface area contributed by atoms with Crippen LogP contribution >= 0.6 is 0 Å². The van der Waals surface area contributed by atoms with Crippen molar-refractivity contribution in [2.24, 2.45) is 0 Å². The first-order valence-corrected chi connectivity index (χ1v) is 7.72. The highest BCUT2D eigenvalue weighted by Crippen LogP contribution is 2.24. The molecular formula is C18H17N5. The lowest BCUT2D eigenvalue weighted by molar-refractivity contribution is 0.553. The normalized spacial score (nSPS) is 12.6. The molecule has 0 amide bonds. The molecule has 1 aromatic carbocycles. The van der Waals surface area contributed by atoms with Crippen LogP contribution in [0.4, 0.5) is 0 Å². The number of fused-ring (bicyclic) bond motifs is 1. The maximum absolute atomic E-state index is 4.61. The monoisotopic (exact) mass is 303 g/mol. The Morgan fingerprint density at radius 3 is 2.78 bits per heavy atom. The summed E-state index contributed by atoms with van der Waals surface area (Å²) in [6.07, 6.45) is 12.3. The van der Waals surface area contributed by atoms with Gasteiger partial charge in [0.2, 0.25) is 0 Å². The van der Waals surface area contributed by atoms with E-state index in [-0.39, 0.29) is 6.04 Å². The topological polar surface area (TPSA) is 48.5 Å². The van der Waals surface area contributed by atoms with Gasteiger partial charge < -0.3 is 9.13 Å². The Morgan fingerprint density at radius 1 is 1.04 bits per heavy atom. The van der Waals surface area contributed by atoms with Crippen LogP contribution in [0.1, 0.15) is 25.1 Å². The van der Waals surface area contributed by atoms with Gasteiger partial charge in [-0.2, -0.15) is 0 Å². The Hall–Kier alpha value is -2.95. The molecule has 23 heavy (non-hydrogen) atoms. The van der Waals surface area contributed by atoms with Crippen LogP contribution in [-0.4, -0.2) is 24.1 Å². The number of pyridine rings is 1. The van der Waals surface area contributed by atoms with Crippen LogP contribution in [-0.2, 0) is 0 Å². The lowest BCUT2D eigenvalue weighted by Crippen LogP contribution is -2.07. The highest BCUT2D eigenvalue weighted by atomic mass is 15.1. The average molecular weight is 303 g/mol. The fraction of sp³-hybridized carbons (Fsp3) is 0.167. The zero-order valence-corrected chi connectivity index (χ0v) is 12.9. The van der Waals surface area contributed by atoms with E-state index >= 15 is 0 Å². The lowest BCUT2D eigenvalue weighted by Gasteiger charge is -2.13.